The second-order valence-electron chi connectivity index (χ2n) is 4.81. The minimum atomic E-state index is -0.147. The van der Waals surface area contributed by atoms with Crippen molar-refractivity contribution in [3.05, 3.63) is 48.0 Å². The van der Waals surface area contributed by atoms with E-state index in [2.05, 4.69) is 24.3 Å². The van der Waals surface area contributed by atoms with E-state index in [1.165, 1.54) is 5.56 Å². The van der Waals surface area contributed by atoms with Crippen LogP contribution >= 0.6 is 0 Å². The molecule has 2 aliphatic carbocycles. The van der Waals surface area contributed by atoms with Crippen LogP contribution in [0.2, 0.25) is 0 Å². The van der Waals surface area contributed by atoms with Gasteiger partial charge in [0.25, 0.3) is 0 Å². The number of allylic oxidation sites excluding steroid dienone is 2. The monoisotopic (exact) mass is 213 g/mol. The Bertz CT molecular complexity index is 437. The van der Waals surface area contributed by atoms with Gasteiger partial charge >= 0.3 is 0 Å². The molecule has 0 saturated heterocycles. The first-order chi connectivity index (χ1) is 7.77. The van der Waals surface area contributed by atoms with Crippen LogP contribution in [0.5, 0.6) is 0 Å². The standard InChI is InChI=1S/C14H15NO/c15-14(16)13-11-7-6-10(8-11)12(13)9-4-2-1-3-5-9/h1-7,10-13H,8H2,(H2,15,16)/t10-,11-,12+,13-/m0/s1. The van der Waals surface area contributed by atoms with Crippen LogP contribution in [0.3, 0.4) is 0 Å². The minimum absolute atomic E-state index is 0.00241. The third kappa shape index (κ3) is 1.29. The first-order valence-electron chi connectivity index (χ1n) is 5.80. The number of carbonyl (C=O) groups excluding carboxylic acids is 1. The second kappa shape index (κ2) is 3.48. The zero-order valence-corrected chi connectivity index (χ0v) is 9.04. The van der Waals surface area contributed by atoms with Gasteiger partial charge in [0.2, 0.25) is 5.91 Å². The molecule has 2 heteroatoms. The number of hydrogen-bond acceptors (Lipinski definition) is 1. The highest BCUT2D eigenvalue weighted by molar-refractivity contribution is 5.79. The number of benzene rings is 1. The van der Waals surface area contributed by atoms with Crippen LogP contribution < -0.4 is 5.73 Å². The molecule has 16 heavy (non-hydrogen) atoms. The highest BCUT2D eigenvalue weighted by atomic mass is 16.1. The van der Waals surface area contributed by atoms with E-state index in [9.17, 15) is 4.79 Å². The van der Waals surface area contributed by atoms with Crippen molar-refractivity contribution in [2.75, 3.05) is 0 Å². The fourth-order valence-electron chi connectivity index (χ4n) is 3.34. The van der Waals surface area contributed by atoms with Crippen molar-refractivity contribution >= 4 is 5.91 Å². The summed E-state index contributed by atoms with van der Waals surface area (Å²) in [4.78, 5) is 11.6. The second-order valence-corrected chi connectivity index (χ2v) is 4.81. The van der Waals surface area contributed by atoms with E-state index < -0.39 is 0 Å². The fraction of sp³-hybridized carbons (Fsp3) is 0.357. The number of nitrogens with two attached hydrogens (primary N) is 1. The lowest BCUT2D eigenvalue weighted by molar-refractivity contribution is -0.123. The number of carbonyl (C=O) groups is 1. The van der Waals surface area contributed by atoms with E-state index >= 15 is 0 Å². The molecule has 1 saturated carbocycles. The van der Waals surface area contributed by atoms with E-state index in [-0.39, 0.29) is 11.8 Å². The van der Waals surface area contributed by atoms with Crippen LogP contribution in [0.4, 0.5) is 0 Å². The van der Waals surface area contributed by atoms with Crippen LogP contribution in [-0.2, 0) is 4.79 Å². The molecule has 0 heterocycles. The molecule has 4 atom stereocenters. The number of hydrogen-bond donors (Lipinski definition) is 1. The molecular weight excluding hydrogens is 198 g/mol. The van der Waals surface area contributed by atoms with Gasteiger partial charge in [-0.15, -0.1) is 0 Å². The van der Waals surface area contributed by atoms with E-state index in [0.29, 0.717) is 17.8 Å². The van der Waals surface area contributed by atoms with E-state index in [0.717, 1.165) is 6.42 Å². The third-order valence-electron chi connectivity index (χ3n) is 3.97. The molecule has 0 unspecified atom stereocenters. The molecule has 0 aliphatic heterocycles. The van der Waals surface area contributed by atoms with Gasteiger partial charge < -0.3 is 5.73 Å². The Labute approximate surface area is 95.2 Å². The first kappa shape index (κ1) is 9.64. The summed E-state index contributed by atoms with van der Waals surface area (Å²) in [5, 5.41) is 0. The van der Waals surface area contributed by atoms with Crippen molar-refractivity contribution in [1.29, 1.82) is 0 Å². The fourth-order valence-corrected chi connectivity index (χ4v) is 3.34. The molecule has 2 N–H and O–H groups in total. The minimum Gasteiger partial charge on any atom is -0.369 e. The summed E-state index contributed by atoms with van der Waals surface area (Å²) in [6.07, 6.45) is 5.51. The SMILES string of the molecule is NC(=O)[C@@H]1[C@H](c2ccccc2)[C@H]2C=C[C@H]1C2. The average molecular weight is 213 g/mol. The predicted molar refractivity (Wildman–Crippen MR) is 62.6 cm³/mol. The highest BCUT2D eigenvalue weighted by Crippen LogP contribution is 2.52. The third-order valence-corrected chi connectivity index (χ3v) is 3.97. The van der Waals surface area contributed by atoms with Crippen molar-refractivity contribution in [2.45, 2.75) is 12.3 Å². The molecule has 1 fully saturated rings. The number of primary amides is 1. The van der Waals surface area contributed by atoms with Crippen molar-refractivity contribution in [3.8, 4) is 0 Å². The van der Waals surface area contributed by atoms with Crippen LogP contribution in [0.25, 0.3) is 0 Å². The lowest BCUT2D eigenvalue weighted by Crippen LogP contribution is -2.31. The Hall–Kier alpha value is -1.57. The summed E-state index contributed by atoms with van der Waals surface area (Å²) in [6, 6.07) is 10.3. The van der Waals surface area contributed by atoms with Crippen molar-refractivity contribution in [3.63, 3.8) is 0 Å². The van der Waals surface area contributed by atoms with Gasteiger partial charge in [-0.05, 0) is 23.8 Å². The van der Waals surface area contributed by atoms with Gasteiger partial charge in [0.1, 0.15) is 0 Å². The molecule has 1 aromatic carbocycles. The predicted octanol–water partition coefficient (Wildman–Crippen LogP) is 2.08. The topological polar surface area (TPSA) is 43.1 Å². The van der Waals surface area contributed by atoms with Crippen LogP contribution in [0, 0.1) is 17.8 Å². The summed E-state index contributed by atoms with van der Waals surface area (Å²) < 4.78 is 0. The van der Waals surface area contributed by atoms with Crippen LogP contribution in [0.15, 0.2) is 42.5 Å². The maximum Gasteiger partial charge on any atom is 0.221 e. The average Bonchev–Trinajstić information content (AvgIpc) is 2.89. The lowest BCUT2D eigenvalue weighted by atomic mass is 9.78. The molecule has 1 aromatic rings. The summed E-state index contributed by atoms with van der Waals surface area (Å²) >= 11 is 0. The van der Waals surface area contributed by atoms with E-state index in [1.807, 2.05) is 18.2 Å². The zero-order valence-electron chi connectivity index (χ0n) is 9.04. The molecule has 2 nitrogen and oxygen atoms in total. The summed E-state index contributed by atoms with van der Waals surface area (Å²) in [6.45, 7) is 0. The van der Waals surface area contributed by atoms with Gasteiger partial charge in [0, 0.05) is 5.92 Å². The maximum atomic E-state index is 11.6. The molecule has 2 bridgehead atoms. The normalized spacial score (nSPS) is 35.5. The molecule has 82 valence electrons. The maximum absolute atomic E-state index is 11.6. The molecule has 3 rings (SSSR count). The Balaban J connectivity index is 2.00. The van der Waals surface area contributed by atoms with Crippen LogP contribution in [0.1, 0.15) is 17.9 Å². The van der Waals surface area contributed by atoms with Crippen molar-refractivity contribution in [2.24, 2.45) is 23.5 Å². The quantitative estimate of drug-likeness (QED) is 0.751. The Morgan fingerprint density at radius 3 is 2.50 bits per heavy atom. The molecule has 0 spiro atoms. The summed E-state index contributed by atoms with van der Waals surface area (Å²) in [5.74, 6) is 1.02. The first-order valence-corrected chi connectivity index (χ1v) is 5.80. The largest absolute Gasteiger partial charge is 0.369 e. The van der Waals surface area contributed by atoms with Gasteiger partial charge in [0.15, 0.2) is 0 Å². The van der Waals surface area contributed by atoms with Gasteiger partial charge in [-0.3, -0.25) is 4.79 Å². The summed E-state index contributed by atoms with van der Waals surface area (Å²) in [5.41, 5.74) is 6.79. The molecule has 0 radical (unpaired) electrons. The Morgan fingerprint density at radius 2 is 1.81 bits per heavy atom. The lowest BCUT2D eigenvalue weighted by Gasteiger charge is -2.25. The zero-order chi connectivity index (χ0) is 11.1. The van der Waals surface area contributed by atoms with Crippen molar-refractivity contribution < 1.29 is 4.79 Å². The van der Waals surface area contributed by atoms with E-state index in [1.54, 1.807) is 0 Å². The molecular formula is C14H15NO. The van der Waals surface area contributed by atoms with Gasteiger partial charge in [-0.1, -0.05) is 42.5 Å². The van der Waals surface area contributed by atoms with Crippen LogP contribution in [-0.4, -0.2) is 5.91 Å². The number of fused-ring (bicyclic) bond motifs is 2. The number of amides is 1. The molecule has 0 aromatic heterocycles. The molecule has 2 aliphatic rings. The number of rotatable bonds is 2. The van der Waals surface area contributed by atoms with Crippen molar-refractivity contribution in [1.82, 2.24) is 0 Å². The smallest absolute Gasteiger partial charge is 0.221 e. The molecule has 1 amide bonds. The Kier molecular flexibility index (Phi) is 2.10. The summed E-state index contributed by atoms with van der Waals surface area (Å²) in [7, 11) is 0. The Morgan fingerprint density at radius 1 is 1.12 bits per heavy atom. The van der Waals surface area contributed by atoms with Gasteiger partial charge in [-0.25, -0.2) is 0 Å². The van der Waals surface area contributed by atoms with Gasteiger partial charge in [0.05, 0.1) is 5.92 Å². The van der Waals surface area contributed by atoms with E-state index in [4.69, 9.17) is 5.73 Å². The highest BCUT2D eigenvalue weighted by Gasteiger charge is 2.47. The van der Waals surface area contributed by atoms with Gasteiger partial charge in [-0.2, -0.15) is 0 Å².